The van der Waals surface area contributed by atoms with Gasteiger partial charge in [-0.05, 0) is 24.6 Å². The van der Waals surface area contributed by atoms with Crippen LogP contribution < -0.4 is 0 Å². The van der Waals surface area contributed by atoms with Crippen molar-refractivity contribution in [3.63, 3.8) is 0 Å². The summed E-state index contributed by atoms with van der Waals surface area (Å²) in [6.07, 6.45) is 0. The standard InChI is InChI=1S/C11H9F2N3O2/c1-6-10(11(17)18)14-15-16(6)5-7-2-3-8(12)9(13)4-7/h2-4H,5H2,1H3,(H,17,18). The van der Waals surface area contributed by atoms with Crippen molar-refractivity contribution in [3.05, 3.63) is 46.8 Å². The second-order valence-corrected chi connectivity index (χ2v) is 3.73. The summed E-state index contributed by atoms with van der Waals surface area (Å²) in [4.78, 5) is 10.8. The molecule has 94 valence electrons. The van der Waals surface area contributed by atoms with Crippen LogP contribution in [-0.2, 0) is 6.54 Å². The summed E-state index contributed by atoms with van der Waals surface area (Å²) in [5.74, 6) is -3.06. The largest absolute Gasteiger partial charge is 0.476 e. The number of carbonyl (C=O) groups is 1. The molecule has 0 unspecified atom stereocenters. The van der Waals surface area contributed by atoms with E-state index in [1.54, 1.807) is 6.92 Å². The molecule has 0 radical (unpaired) electrons. The fourth-order valence-electron chi connectivity index (χ4n) is 1.52. The summed E-state index contributed by atoms with van der Waals surface area (Å²) in [7, 11) is 0. The Bertz CT molecular complexity index is 610. The van der Waals surface area contributed by atoms with Crippen LogP contribution in [-0.4, -0.2) is 26.1 Å². The first kappa shape index (κ1) is 12.2. The Balaban J connectivity index is 2.29. The van der Waals surface area contributed by atoms with Gasteiger partial charge in [0.2, 0.25) is 0 Å². The third kappa shape index (κ3) is 2.20. The first-order valence-electron chi connectivity index (χ1n) is 5.06. The van der Waals surface area contributed by atoms with Crippen molar-refractivity contribution >= 4 is 5.97 Å². The molecule has 0 fully saturated rings. The molecule has 0 saturated carbocycles. The van der Waals surface area contributed by atoms with Crippen molar-refractivity contribution in [1.82, 2.24) is 15.0 Å². The van der Waals surface area contributed by atoms with Gasteiger partial charge in [0.05, 0.1) is 12.2 Å². The lowest BCUT2D eigenvalue weighted by Crippen LogP contribution is -2.06. The molecule has 7 heteroatoms. The maximum absolute atomic E-state index is 13.0. The molecule has 1 N–H and O–H groups in total. The van der Waals surface area contributed by atoms with Gasteiger partial charge in [0.15, 0.2) is 17.3 Å². The van der Waals surface area contributed by atoms with E-state index in [2.05, 4.69) is 10.3 Å². The second-order valence-electron chi connectivity index (χ2n) is 3.73. The topological polar surface area (TPSA) is 68.0 Å². The van der Waals surface area contributed by atoms with E-state index in [1.165, 1.54) is 10.7 Å². The maximum Gasteiger partial charge on any atom is 0.358 e. The van der Waals surface area contributed by atoms with E-state index in [1.807, 2.05) is 0 Å². The molecule has 0 amide bonds. The molecule has 0 aliphatic carbocycles. The fraction of sp³-hybridized carbons (Fsp3) is 0.182. The van der Waals surface area contributed by atoms with Crippen molar-refractivity contribution in [1.29, 1.82) is 0 Å². The first-order valence-corrected chi connectivity index (χ1v) is 5.06. The third-order valence-corrected chi connectivity index (χ3v) is 2.50. The van der Waals surface area contributed by atoms with Crippen molar-refractivity contribution in [2.75, 3.05) is 0 Å². The molecule has 0 aliphatic rings. The highest BCUT2D eigenvalue weighted by Gasteiger charge is 2.15. The number of halogens is 2. The molecule has 0 spiro atoms. The average molecular weight is 253 g/mol. The zero-order valence-corrected chi connectivity index (χ0v) is 9.39. The van der Waals surface area contributed by atoms with Crippen LogP contribution in [0.4, 0.5) is 8.78 Å². The third-order valence-electron chi connectivity index (χ3n) is 2.50. The van der Waals surface area contributed by atoms with Gasteiger partial charge in [-0.2, -0.15) is 0 Å². The summed E-state index contributed by atoms with van der Waals surface area (Å²) >= 11 is 0. The van der Waals surface area contributed by atoms with Gasteiger partial charge in [-0.3, -0.25) is 0 Å². The molecule has 2 rings (SSSR count). The van der Waals surface area contributed by atoms with Crippen LogP contribution in [0.2, 0.25) is 0 Å². The molecular formula is C11H9F2N3O2. The minimum absolute atomic E-state index is 0.128. The molecule has 1 aromatic heterocycles. The summed E-state index contributed by atoms with van der Waals surface area (Å²) < 4.78 is 27.1. The van der Waals surface area contributed by atoms with Crippen LogP contribution >= 0.6 is 0 Å². The van der Waals surface area contributed by atoms with Crippen LogP contribution in [0, 0.1) is 18.6 Å². The number of nitrogens with zero attached hydrogens (tertiary/aromatic N) is 3. The monoisotopic (exact) mass is 253 g/mol. The van der Waals surface area contributed by atoms with Gasteiger partial charge in [-0.1, -0.05) is 11.3 Å². The van der Waals surface area contributed by atoms with Crippen LogP contribution in [0.15, 0.2) is 18.2 Å². The number of carboxylic acids is 1. The molecule has 1 heterocycles. The molecular weight excluding hydrogens is 244 g/mol. The normalized spacial score (nSPS) is 10.6. The van der Waals surface area contributed by atoms with Crippen LogP contribution in [0.3, 0.4) is 0 Å². The molecule has 0 saturated heterocycles. The highest BCUT2D eigenvalue weighted by molar-refractivity contribution is 5.86. The quantitative estimate of drug-likeness (QED) is 0.902. The number of benzene rings is 1. The van der Waals surface area contributed by atoms with Crippen molar-refractivity contribution in [2.24, 2.45) is 0 Å². The Kier molecular flexibility index (Phi) is 3.05. The van der Waals surface area contributed by atoms with Gasteiger partial charge < -0.3 is 5.11 Å². The summed E-state index contributed by atoms with van der Waals surface area (Å²) in [5, 5.41) is 16.0. The SMILES string of the molecule is Cc1c(C(=O)O)nnn1Cc1ccc(F)c(F)c1. The number of rotatable bonds is 3. The van der Waals surface area contributed by atoms with Gasteiger partial charge >= 0.3 is 5.97 Å². The summed E-state index contributed by atoms with van der Waals surface area (Å²) in [6.45, 7) is 1.67. The van der Waals surface area contributed by atoms with Gasteiger partial charge in [0, 0.05) is 0 Å². The molecule has 0 bridgehead atoms. The number of aromatic nitrogens is 3. The van der Waals surface area contributed by atoms with Crippen LogP contribution in [0.1, 0.15) is 21.7 Å². The molecule has 0 atom stereocenters. The van der Waals surface area contributed by atoms with Gasteiger partial charge in [0.1, 0.15) is 0 Å². The lowest BCUT2D eigenvalue weighted by molar-refractivity contribution is 0.0689. The van der Waals surface area contributed by atoms with Gasteiger partial charge in [-0.15, -0.1) is 5.10 Å². The molecule has 0 aliphatic heterocycles. The molecule has 5 nitrogen and oxygen atoms in total. The van der Waals surface area contributed by atoms with Gasteiger partial charge in [-0.25, -0.2) is 18.3 Å². The summed E-state index contributed by atoms with van der Waals surface area (Å²) in [6, 6.07) is 3.45. The molecule has 18 heavy (non-hydrogen) atoms. The van der Waals surface area contributed by atoms with Crippen molar-refractivity contribution in [3.8, 4) is 0 Å². The van der Waals surface area contributed by atoms with E-state index in [9.17, 15) is 13.6 Å². The number of aromatic carboxylic acids is 1. The lowest BCUT2D eigenvalue weighted by Gasteiger charge is -2.04. The maximum atomic E-state index is 13.0. The molecule has 2 aromatic rings. The van der Waals surface area contributed by atoms with E-state index in [0.29, 0.717) is 11.3 Å². The minimum atomic E-state index is -1.18. The predicted molar refractivity (Wildman–Crippen MR) is 57.2 cm³/mol. The fourth-order valence-corrected chi connectivity index (χ4v) is 1.52. The summed E-state index contributed by atoms with van der Waals surface area (Å²) in [5.41, 5.74) is 0.670. The molecule has 1 aromatic carbocycles. The highest BCUT2D eigenvalue weighted by atomic mass is 19.2. The van der Waals surface area contributed by atoms with E-state index in [4.69, 9.17) is 5.11 Å². The lowest BCUT2D eigenvalue weighted by atomic mass is 10.2. The van der Waals surface area contributed by atoms with Crippen LogP contribution in [0.25, 0.3) is 0 Å². The second kappa shape index (κ2) is 4.52. The van der Waals surface area contributed by atoms with Crippen molar-refractivity contribution in [2.45, 2.75) is 13.5 Å². The minimum Gasteiger partial charge on any atom is -0.476 e. The Labute approximate surface area is 101 Å². The Hall–Kier alpha value is -2.31. The van der Waals surface area contributed by atoms with Gasteiger partial charge in [0.25, 0.3) is 0 Å². The Morgan fingerprint density at radius 2 is 2.11 bits per heavy atom. The number of carboxylic acid groups (broad SMARTS) is 1. The predicted octanol–water partition coefficient (Wildman–Crippen LogP) is 1.61. The van der Waals surface area contributed by atoms with Crippen LogP contribution in [0.5, 0.6) is 0 Å². The first-order chi connectivity index (χ1) is 8.49. The Morgan fingerprint density at radius 3 is 2.67 bits per heavy atom. The van der Waals surface area contributed by atoms with E-state index in [-0.39, 0.29) is 12.2 Å². The zero-order chi connectivity index (χ0) is 13.3. The van der Waals surface area contributed by atoms with E-state index < -0.39 is 17.6 Å². The Morgan fingerprint density at radius 1 is 1.39 bits per heavy atom. The van der Waals surface area contributed by atoms with E-state index in [0.717, 1.165) is 12.1 Å². The average Bonchev–Trinajstić information content (AvgIpc) is 2.66. The zero-order valence-electron chi connectivity index (χ0n) is 9.39. The smallest absolute Gasteiger partial charge is 0.358 e. The number of hydrogen-bond donors (Lipinski definition) is 1. The highest BCUT2D eigenvalue weighted by Crippen LogP contribution is 2.11. The van der Waals surface area contributed by atoms with E-state index >= 15 is 0 Å². The number of hydrogen-bond acceptors (Lipinski definition) is 3. The van der Waals surface area contributed by atoms with Crippen molar-refractivity contribution < 1.29 is 18.7 Å².